The number of halogens is 1. The van der Waals surface area contributed by atoms with E-state index in [4.69, 9.17) is 9.26 Å². The Morgan fingerprint density at radius 2 is 2.39 bits per heavy atom. The first kappa shape index (κ1) is 15.4. The van der Waals surface area contributed by atoms with E-state index < -0.39 is 0 Å². The van der Waals surface area contributed by atoms with Gasteiger partial charge in [-0.25, -0.2) is 0 Å². The normalized spacial score (nSPS) is 22.5. The molecule has 6 nitrogen and oxygen atoms in total. The molecule has 1 aromatic rings. The van der Waals surface area contributed by atoms with Gasteiger partial charge in [0.25, 0.3) is 5.89 Å². The van der Waals surface area contributed by atoms with Crippen LogP contribution in [0.15, 0.2) is 4.52 Å². The molecular weight excluding hydrogens is 256 g/mol. The summed E-state index contributed by atoms with van der Waals surface area (Å²) in [6.07, 6.45) is -0.136. The lowest BCUT2D eigenvalue weighted by atomic mass is 10.2. The van der Waals surface area contributed by atoms with Crippen LogP contribution < -0.4 is 5.32 Å². The molecule has 2 unspecified atom stereocenters. The first-order chi connectivity index (χ1) is 8.22. The van der Waals surface area contributed by atoms with Crippen LogP contribution in [0.2, 0.25) is 0 Å². The molecule has 0 radical (unpaired) electrons. The van der Waals surface area contributed by atoms with Crippen molar-refractivity contribution in [1.29, 1.82) is 0 Å². The van der Waals surface area contributed by atoms with Gasteiger partial charge in [-0.15, -0.1) is 12.4 Å². The number of piperazine rings is 1. The molecule has 0 aliphatic carbocycles. The molecule has 104 valence electrons. The third-order valence-electron chi connectivity index (χ3n) is 3.03. The predicted molar refractivity (Wildman–Crippen MR) is 69.8 cm³/mol. The molecule has 18 heavy (non-hydrogen) atoms. The zero-order valence-corrected chi connectivity index (χ0v) is 11.9. The summed E-state index contributed by atoms with van der Waals surface area (Å²) in [7, 11) is 2.08. The molecular formula is C11H21ClN4O2. The smallest absolute Gasteiger partial charge is 0.255 e. The van der Waals surface area contributed by atoms with Gasteiger partial charge < -0.3 is 14.6 Å². The fraction of sp³-hybridized carbons (Fsp3) is 0.818. The quantitative estimate of drug-likeness (QED) is 0.891. The second-order valence-electron chi connectivity index (χ2n) is 4.29. The van der Waals surface area contributed by atoms with Gasteiger partial charge in [-0.3, -0.25) is 4.90 Å². The average molecular weight is 277 g/mol. The molecule has 1 aliphatic rings. The highest BCUT2D eigenvalue weighted by atomic mass is 35.5. The second-order valence-corrected chi connectivity index (χ2v) is 4.29. The lowest BCUT2D eigenvalue weighted by Crippen LogP contribution is -2.44. The van der Waals surface area contributed by atoms with Gasteiger partial charge in [0.05, 0.1) is 6.04 Å². The third-order valence-corrected chi connectivity index (χ3v) is 3.03. The van der Waals surface area contributed by atoms with Crippen LogP contribution in [-0.4, -0.2) is 48.3 Å². The van der Waals surface area contributed by atoms with Crippen molar-refractivity contribution in [3.63, 3.8) is 0 Å². The molecule has 1 aromatic heterocycles. The number of rotatable bonds is 4. The monoisotopic (exact) mass is 276 g/mol. The Kier molecular flexibility index (Phi) is 6.01. The van der Waals surface area contributed by atoms with Crippen molar-refractivity contribution in [2.45, 2.75) is 26.0 Å². The molecule has 0 spiro atoms. The summed E-state index contributed by atoms with van der Waals surface area (Å²) in [5.74, 6) is 1.29. The predicted octanol–water partition coefficient (Wildman–Crippen LogP) is 1.16. The summed E-state index contributed by atoms with van der Waals surface area (Å²) in [6, 6.07) is 0.190. The Labute approximate surface area is 113 Å². The first-order valence-electron chi connectivity index (χ1n) is 6.08. The first-order valence-corrected chi connectivity index (χ1v) is 6.08. The highest BCUT2D eigenvalue weighted by molar-refractivity contribution is 5.85. The molecule has 0 bridgehead atoms. The SMILES string of the molecule is CCOC(C)c1nc(C2CNCCN2C)no1.Cl. The van der Waals surface area contributed by atoms with E-state index in [1.165, 1.54) is 0 Å². The molecule has 1 fully saturated rings. The molecule has 0 saturated carbocycles. The summed E-state index contributed by atoms with van der Waals surface area (Å²) < 4.78 is 10.7. The summed E-state index contributed by atoms with van der Waals surface area (Å²) in [6.45, 7) is 7.38. The Hall–Kier alpha value is -0.690. The van der Waals surface area contributed by atoms with Crippen LogP contribution in [0.1, 0.15) is 37.7 Å². The zero-order valence-electron chi connectivity index (χ0n) is 11.0. The summed E-state index contributed by atoms with van der Waals surface area (Å²) in [4.78, 5) is 6.65. The van der Waals surface area contributed by atoms with E-state index in [2.05, 4.69) is 27.4 Å². The fourth-order valence-corrected chi connectivity index (χ4v) is 1.96. The fourth-order valence-electron chi connectivity index (χ4n) is 1.96. The number of nitrogens with one attached hydrogen (secondary N) is 1. The van der Waals surface area contributed by atoms with Gasteiger partial charge in [0.15, 0.2) is 5.82 Å². The van der Waals surface area contributed by atoms with Gasteiger partial charge in [0, 0.05) is 26.2 Å². The van der Waals surface area contributed by atoms with Crippen LogP contribution in [0.25, 0.3) is 0 Å². The molecule has 1 saturated heterocycles. The van der Waals surface area contributed by atoms with E-state index >= 15 is 0 Å². The van der Waals surface area contributed by atoms with Gasteiger partial charge in [0.1, 0.15) is 6.10 Å². The van der Waals surface area contributed by atoms with E-state index in [1.54, 1.807) is 0 Å². The van der Waals surface area contributed by atoms with Crippen molar-refractivity contribution in [2.75, 3.05) is 33.3 Å². The number of likely N-dealkylation sites (N-methyl/N-ethyl adjacent to an activating group) is 1. The van der Waals surface area contributed by atoms with Crippen LogP contribution >= 0.6 is 12.4 Å². The topological polar surface area (TPSA) is 63.4 Å². The molecule has 1 N–H and O–H groups in total. The van der Waals surface area contributed by atoms with Gasteiger partial charge in [-0.2, -0.15) is 4.98 Å². The Morgan fingerprint density at radius 3 is 3.06 bits per heavy atom. The number of hydrogen-bond donors (Lipinski definition) is 1. The minimum absolute atomic E-state index is 0. The maximum Gasteiger partial charge on any atom is 0.255 e. The van der Waals surface area contributed by atoms with Gasteiger partial charge in [-0.1, -0.05) is 5.16 Å². The van der Waals surface area contributed by atoms with Crippen molar-refractivity contribution >= 4 is 12.4 Å². The van der Waals surface area contributed by atoms with E-state index in [9.17, 15) is 0 Å². The van der Waals surface area contributed by atoms with E-state index in [-0.39, 0.29) is 24.6 Å². The van der Waals surface area contributed by atoms with E-state index in [0.717, 1.165) is 25.5 Å². The largest absolute Gasteiger partial charge is 0.369 e. The number of hydrogen-bond acceptors (Lipinski definition) is 6. The highest BCUT2D eigenvalue weighted by Gasteiger charge is 2.26. The molecule has 2 atom stereocenters. The van der Waals surface area contributed by atoms with Crippen LogP contribution in [0.5, 0.6) is 0 Å². The van der Waals surface area contributed by atoms with Crippen LogP contribution in [0.4, 0.5) is 0 Å². The van der Waals surface area contributed by atoms with Crippen molar-refractivity contribution in [2.24, 2.45) is 0 Å². The highest BCUT2D eigenvalue weighted by Crippen LogP contribution is 2.21. The molecule has 2 rings (SSSR count). The third kappa shape index (κ3) is 3.41. The maximum absolute atomic E-state index is 5.43. The molecule has 7 heteroatoms. The summed E-state index contributed by atoms with van der Waals surface area (Å²) in [5.41, 5.74) is 0. The average Bonchev–Trinajstić information content (AvgIpc) is 2.79. The minimum atomic E-state index is -0.136. The van der Waals surface area contributed by atoms with Crippen LogP contribution in [0, 0.1) is 0 Å². The summed E-state index contributed by atoms with van der Waals surface area (Å²) >= 11 is 0. The van der Waals surface area contributed by atoms with Crippen molar-refractivity contribution < 1.29 is 9.26 Å². The van der Waals surface area contributed by atoms with Gasteiger partial charge >= 0.3 is 0 Å². The maximum atomic E-state index is 5.43. The Morgan fingerprint density at radius 1 is 1.61 bits per heavy atom. The van der Waals surface area contributed by atoms with E-state index in [1.807, 2.05) is 13.8 Å². The van der Waals surface area contributed by atoms with Gasteiger partial charge in [-0.05, 0) is 20.9 Å². The Bertz CT molecular complexity index is 361. The number of aromatic nitrogens is 2. The van der Waals surface area contributed by atoms with Crippen molar-refractivity contribution in [1.82, 2.24) is 20.4 Å². The zero-order chi connectivity index (χ0) is 12.3. The number of ether oxygens (including phenoxy) is 1. The summed E-state index contributed by atoms with van der Waals surface area (Å²) in [5, 5.41) is 7.38. The molecule has 0 aromatic carbocycles. The molecule has 2 heterocycles. The second kappa shape index (κ2) is 7.04. The lowest BCUT2D eigenvalue weighted by molar-refractivity contribution is 0.0519. The molecule has 0 amide bonds. The van der Waals surface area contributed by atoms with Gasteiger partial charge in [0.2, 0.25) is 0 Å². The van der Waals surface area contributed by atoms with Crippen LogP contribution in [-0.2, 0) is 4.74 Å². The van der Waals surface area contributed by atoms with E-state index in [0.29, 0.717) is 12.5 Å². The Balaban J connectivity index is 0.00000162. The minimum Gasteiger partial charge on any atom is -0.369 e. The standard InChI is InChI=1S/C11H20N4O2.ClH/c1-4-16-8(2)11-13-10(14-17-11)9-7-12-5-6-15(9)3;/h8-9,12H,4-7H2,1-3H3;1H. The van der Waals surface area contributed by atoms with Crippen molar-refractivity contribution in [3.05, 3.63) is 11.7 Å². The lowest BCUT2D eigenvalue weighted by Gasteiger charge is -2.30. The van der Waals surface area contributed by atoms with Crippen molar-refractivity contribution in [3.8, 4) is 0 Å². The number of nitrogens with zero attached hydrogens (tertiary/aromatic N) is 3. The van der Waals surface area contributed by atoms with Crippen LogP contribution in [0.3, 0.4) is 0 Å². The molecule has 1 aliphatic heterocycles.